The lowest BCUT2D eigenvalue weighted by atomic mass is 10.1. The van der Waals surface area contributed by atoms with Crippen LogP contribution < -0.4 is 9.50 Å². The molecule has 8 nitrogen and oxygen atoms in total. The third-order valence-corrected chi connectivity index (χ3v) is 5.74. The van der Waals surface area contributed by atoms with Crippen LogP contribution in [0.3, 0.4) is 0 Å². The molecule has 0 heterocycles. The first-order valence-corrected chi connectivity index (χ1v) is 11.0. The van der Waals surface area contributed by atoms with Crippen LogP contribution in [0.1, 0.15) is 21.5 Å². The summed E-state index contributed by atoms with van der Waals surface area (Å²) in [6, 6.07) is 19.6. The molecule has 0 atom stereocenters. The van der Waals surface area contributed by atoms with Crippen LogP contribution in [0, 0.1) is 18.3 Å². The molecule has 0 saturated heterocycles. The molecule has 33 heavy (non-hydrogen) atoms. The molecule has 166 valence electrons. The van der Waals surface area contributed by atoms with E-state index < -0.39 is 22.0 Å². The van der Waals surface area contributed by atoms with E-state index >= 15 is 0 Å². The van der Waals surface area contributed by atoms with Crippen LogP contribution in [0.5, 0.6) is 5.75 Å². The fourth-order valence-corrected chi connectivity index (χ4v) is 3.71. The van der Waals surface area contributed by atoms with Crippen molar-refractivity contribution in [2.75, 3.05) is 5.32 Å². The first-order chi connectivity index (χ1) is 15.7. The van der Waals surface area contributed by atoms with Crippen LogP contribution in [-0.2, 0) is 14.9 Å². The van der Waals surface area contributed by atoms with E-state index in [9.17, 15) is 28.4 Å². The van der Waals surface area contributed by atoms with Gasteiger partial charge < -0.3 is 14.6 Å². The quantitative estimate of drug-likeness (QED) is 0.308. The Labute approximate surface area is 190 Å². The number of aryl methyl sites for hydroxylation is 1. The number of rotatable bonds is 7. The number of benzene rings is 3. The maximum absolute atomic E-state index is 12.5. The van der Waals surface area contributed by atoms with Gasteiger partial charge in [-0.2, -0.15) is 13.7 Å². The Kier molecular flexibility index (Phi) is 6.91. The fourth-order valence-electron chi connectivity index (χ4n) is 2.78. The predicted octanol–water partition coefficient (Wildman–Crippen LogP) is 4.01. The molecule has 0 saturated carbocycles. The second-order valence-electron chi connectivity index (χ2n) is 6.89. The van der Waals surface area contributed by atoms with Gasteiger partial charge in [-0.15, -0.1) is 0 Å². The van der Waals surface area contributed by atoms with Crippen molar-refractivity contribution in [3.63, 3.8) is 0 Å². The first kappa shape index (κ1) is 23.2. The number of nitriles is 1. The molecular formula is C24H18N2O6S. The Morgan fingerprint density at radius 3 is 2.24 bits per heavy atom. The molecular weight excluding hydrogens is 444 g/mol. The molecule has 0 aliphatic rings. The number of aromatic carboxylic acids is 1. The van der Waals surface area contributed by atoms with Gasteiger partial charge >= 0.3 is 16.1 Å². The molecule has 0 spiro atoms. The van der Waals surface area contributed by atoms with Crippen molar-refractivity contribution in [3.8, 4) is 11.8 Å². The average molecular weight is 462 g/mol. The van der Waals surface area contributed by atoms with Gasteiger partial charge in [-0.25, -0.2) is 4.79 Å². The second kappa shape index (κ2) is 9.80. The lowest BCUT2D eigenvalue weighted by Crippen LogP contribution is -2.16. The SMILES string of the molecule is Cc1ccc(S(=O)(=O)Oc2ccc(/C=C(\C#N)C(=O)Nc3ccccc3C(=O)O)cc2)cc1. The van der Waals surface area contributed by atoms with Gasteiger partial charge in [0.25, 0.3) is 5.91 Å². The summed E-state index contributed by atoms with van der Waals surface area (Å²) >= 11 is 0. The van der Waals surface area contributed by atoms with E-state index in [1.54, 1.807) is 24.3 Å². The first-order valence-electron chi connectivity index (χ1n) is 9.56. The summed E-state index contributed by atoms with van der Waals surface area (Å²) in [5.41, 5.74) is 1.03. The number of carbonyl (C=O) groups is 2. The fraction of sp³-hybridized carbons (Fsp3) is 0.0417. The lowest BCUT2D eigenvalue weighted by Gasteiger charge is -2.08. The molecule has 2 N–H and O–H groups in total. The molecule has 3 aromatic rings. The highest BCUT2D eigenvalue weighted by molar-refractivity contribution is 7.87. The van der Waals surface area contributed by atoms with Crippen molar-refractivity contribution in [1.82, 2.24) is 0 Å². The molecule has 9 heteroatoms. The number of nitrogens with zero attached hydrogens (tertiary/aromatic N) is 1. The van der Waals surface area contributed by atoms with E-state index in [1.165, 1.54) is 60.7 Å². The standard InChI is InChI=1S/C24H18N2O6S/c1-16-6-12-20(13-7-16)33(30,31)32-19-10-8-17(9-11-19)14-18(15-25)23(27)26-22-5-3-2-4-21(22)24(28)29/h2-14H,1H3,(H,26,27)(H,28,29)/b18-14+. The summed E-state index contributed by atoms with van der Waals surface area (Å²) in [5.74, 6) is -1.94. The average Bonchev–Trinajstić information content (AvgIpc) is 2.78. The minimum atomic E-state index is -4.01. The Balaban J connectivity index is 1.76. The van der Waals surface area contributed by atoms with Crippen molar-refractivity contribution in [2.45, 2.75) is 11.8 Å². The summed E-state index contributed by atoms with van der Waals surface area (Å²) < 4.78 is 29.9. The van der Waals surface area contributed by atoms with E-state index in [4.69, 9.17) is 4.18 Å². The zero-order valence-electron chi connectivity index (χ0n) is 17.3. The number of carboxylic acids is 1. The van der Waals surface area contributed by atoms with Crippen LogP contribution in [0.4, 0.5) is 5.69 Å². The highest BCUT2D eigenvalue weighted by Crippen LogP contribution is 2.21. The molecule has 3 rings (SSSR count). The summed E-state index contributed by atoms with van der Waals surface area (Å²) in [4.78, 5) is 23.8. The number of nitrogens with one attached hydrogen (secondary N) is 1. The van der Waals surface area contributed by atoms with E-state index in [0.717, 1.165) is 5.56 Å². The van der Waals surface area contributed by atoms with E-state index in [2.05, 4.69) is 5.32 Å². The maximum atomic E-state index is 12.5. The van der Waals surface area contributed by atoms with Gasteiger partial charge in [0.1, 0.15) is 22.3 Å². The molecule has 0 aromatic heterocycles. The largest absolute Gasteiger partial charge is 0.478 e. The third-order valence-electron chi connectivity index (χ3n) is 4.48. The Morgan fingerprint density at radius 1 is 1.00 bits per heavy atom. The summed E-state index contributed by atoms with van der Waals surface area (Å²) in [5, 5.41) is 21.0. The number of amides is 1. The van der Waals surface area contributed by atoms with Crippen LogP contribution in [0.2, 0.25) is 0 Å². The molecule has 0 aliphatic heterocycles. The van der Waals surface area contributed by atoms with Crippen molar-refractivity contribution in [1.29, 1.82) is 5.26 Å². The van der Waals surface area contributed by atoms with Gasteiger partial charge in [0.05, 0.1) is 11.3 Å². The summed E-state index contributed by atoms with van der Waals surface area (Å²) in [6.07, 6.45) is 1.29. The van der Waals surface area contributed by atoms with E-state index in [1.807, 2.05) is 6.92 Å². The van der Waals surface area contributed by atoms with Gasteiger partial charge in [0.2, 0.25) is 0 Å². The van der Waals surface area contributed by atoms with Gasteiger partial charge in [-0.05, 0) is 55.0 Å². The summed E-state index contributed by atoms with van der Waals surface area (Å²) in [7, 11) is -4.01. The maximum Gasteiger partial charge on any atom is 0.339 e. The smallest absolute Gasteiger partial charge is 0.339 e. The second-order valence-corrected chi connectivity index (χ2v) is 8.44. The minimum absolute atomic E-state index is 0.0159. The van der Waals surface area contributed by atoms with Crippen molar-refractivity contribution in [3.05, 3.63) is 95.1 Å². The minimum Gasteiger partial charge on any atom is -0.478 e. The predicted molar refractivity (Wildman–Crippen MR) is 121 cm³/mol. The molecule has 0 bridgehead atoms. The highest BCUT2D eigenvalue weighted by atomic mass is 32.2. The zero-order valence-corrected chi connectivity index (χ0v) is 18.2. The molecule has 3 aromatic carbocycles. The molecule has 0 unspecified atom stereocenters. The number of hydrogen-bond donors (Lipinski definition) is 2. The van der Waals surface area contributed by atoms with E-state index in [-0.39, 0.29) is 27.5 Å². The third kappa shape index (κ3) is 5.84. The number of carboxylic acid groups (broad SMARTS) is 1. The topological polar surface area (TPSA) is 134 Å². The van der Waals surface area contributed by atoms with E-state index in [0.29, 0.717) is 5.56 Å². The Hall–Kier alpha value is -4.42. The zero-order chi connectivity index (χ0) is 24.0. The van der Waals surface area contributed by atoms with Crippen LogP contribution in [0.15, 0.2) is 83.3 Å². The van der Waals surface area contributed by atoms with Gasteiger partial charge in [-0.1, -0.05) is 42.0 Å². The number of para-hydroxylation sites is 1. The lowest BCUT2D eigenvalue weighted by molar-refractivity contribution is -0.112. The normalized spacial score (nSPS) is 11.3. The van der Waals surface area contributed by atoms with Crippen molar-refractivity contribution >= 4 is 33.8 Å². The van der Waals surface area contributed by atoms with Gasteiger partial charge in [0, 0.05) is 0 Å². The van der Waals surface area contributed by atoms with Gasteiger partial charge in [-0.3, -0.25) is 4.79 Å². The molecule has 0 radical (unpaired) electrons. The number of hydrogen-bond acceptors (Lipinski definition) is 6. The van der Waals surface area contributed by atoms with Gasteiger partial charge in [0.15, 0.2) is 0 Å². The van der Waals surface area contributed by atoms with Crippen LogP contribution in [0.25, 0.3) is 6.08 Å². The number of carbonyl (C=O) groups excluding carboxylic acids is 1. The molecule has 0 aliphatic carbocycles. The number of anilines is 1. The van der Waals surface area contributed by atoms with Crippen LogP contribution >= 0.6 is 0 Å². The van der Waals surface area contributed by atoms with Crippen LogP contribution in [-0.4, -0.2) is 25.4 Å². The highest BCUT2D eigenvalue weighted by Gasteiger charge is 2.17. The Bertz CT molecular complexity index is 1370. The van der Waals surface area contributed by atoms with Crippen molar-refractivity contribution < 1.29 is 27.3 Å². The Morgan fingerprint density at radius 2 is 1.64 bits per heavy atom. The summed E-state index contributed by atoms with van der Waals surface area (Å²) in [6.45, 7) is 1.84. The molecule has 1 amide bonds. The molecule has 0 fully saturated rings. The monoisotopic (exact) mass is 462 g/mol. The van der Waals surface area contributed by atoms with Crippen molar-refractivity contribution in [2.24, 2.45) is 0 Å².